The number of esters is 1. The van der Waals surface area contributed by atoms with Gasteiger partial charge in [-0.15, -0.1) is 4.40 Å². The van der Waals surface area contributed by atoms with Gasteiger partial charge in [0.15, 0.2) is 0 Å². The zero-order chi connectivity index (χ0) is 18.4. The van der Waals surface area contributed by atoms with Crippen molar-refractivity contribution < 1.29 is 22.7 Å². The van der Waals surface area contributed by atoms with E-state index in [4.69, 9.17) is 4.74 Å². The van der Waals surface area contributed by atoms with E-state index < -0.39 is 16.0 Å². The van der Waals surface area contributed by atoms with Gasteiger partial charge in [0.2, 0.25) is 0 Å². The normalized spacial score (nSPS) is 11.3. The van der Waals surface area contributed by atoms with E-state index in [0.29, 0.717) is 5.75 Å². The molecule has 7 nitrogen and oxygen atoms in total. The molecule has 0 bridgehead atoms. The van der Waals surface area contributed by atoms with Gasteiger partial charge in [-0.25, -0.2) is 4.79 Å². The zero-order valence-electron chi connectivity index (χ0n) is 14.0. The minimum Gasteiger partial charge on any atom is -0.465 e. The number of ether oxygens (including phenoxy) is 2. The molecule has 2 rings (SSSR count). The molecule has 2 aromatic carbocycles. The molecule has 0 saturated carbocycles. The van der Waals surface area contributed by atoms with Crippen LogP contribution in [0.5, 0.6) is 11.5 Å². The van der Waals surface area contributed by atoms with Crippen LogP contribution in [-0.2, 0) is 14.8 Å². The third kappa shape index (κ3) is 4.80. The first kappa shape index (κ1) is 18.5. The fourth-order valence-corrected chi connectivity index (χ4v) is 3.02. The lowest BCUT2D eigenvalue weighted by Gasteiger charge is -2.11. The van der Waals surface area contributed by atoms with Gasteiger partial charge in [-0.1, -0.05) is 18.2 Å². The fraction of sp³-hybridized carbons (Fsp3) is 0.176. The van der Waals surface area contributed by atoms with Crippen molar-refractivity contribution in [2.75, 3.05) is 21.2 Å². The van der Waals surface area contributed by atoms with Gasteiger partial charge in [0.25, 0.3) is 10.0 Å². The van der Waals surface area contributed by atoms with Gasteiger partial charge in [-0.2, -0.15) is 8.42 Å². The summed E-state index contributed by atoms with van der Waals surface area (Å²) < 4.78 is 38.8. The number of carbonyl (C=O) groups excluding carboxylic acids is 1. The van der Waals surface area contributed by atoms with Gasteiger partial charge in [0.1, 0.15) is 22.7 Å². The molecule has 0 fully saturated rings. The van der Waals surface area contributed by atoms with Crippen LogP contribution in [0, 0.1) is 0 Å². The monoisotopic (exact) mass is 362 g/mol. The quantitative estimate of drug-likeness (QED) is 0.446. The van der Waals surface area contributed by atoms with Crippen molar-refractivity contribution in [3.05, 3.63) is 54.1 Å². The topological polar surface area (TPSA) is 85.3 Å². The largest absolute Gasteiger partial charge is 0.465 e. The Morgan fingerprint density at radius 2 is 1.76 bits per heavy atom. The molecule has 0 N–H and O–H groups in total. The summed E-state index contributed by atoms with van der Waals surface area (Å²) in [5.41, 5.74) is -0.112. The maximum atomic E-state index is 12.5. The first-order valence-electron chi connectivity index (χ1n) is 7.25. The van der Waals surface area contributed by atoms with Gasteiger partial charge >= 0.3 is 5.97 Å². The highest BCUT2D eigenvalue weighted by molar-refractivity contribution is 7.90. The second-order valence-electron chi connectivity index (χ2n) is 5.22. The molecule has 0 heterocycles. The number of rotatable bonds is 6. The van der Waals surface area contributed by atoms with Gasteiger partial charge in [0, 0.05) is 20.2 Å². The van der Waals surface area contributed by atoms with E-state index in [1.807, 2.05) is 6.07 Å². The van der Waals surface area contributed by atoms with Crippen molar-refractivity contribution in [2.24, 2.45) is 4.40 Å². The highest BCUT2D eigenvalue weighted by atomic mass is 32.2. The van der Waals surface area contributed by atoms with Crippen LogP contribution < -0.4 is 4.74 Å². The molecule has 0 unspecified atom stereocenters. The minimum atomic E-state index is -4.11. The van der Waals surface area contributed by atoms with E-state index >= 15 is 0 Å². The number of hydrogen-bond acceptors (Lipinski definition) is 5. The summed E-state index contributed by atoms with van der Waals surface area (Å²) in [6.07, 6.45) is 1.14. The third-order valence-electron chi connectivity index (χ3n) is 3.03. The number of methoxy groups -OCH3 is 1. The molecular formula is C17H18N2O5S. The molecule has 0 aliphatic heterocycles. The molecule has 0 amide bonds. The molecule has 0 aliphatic rings. The van der Waals surface area contributed by atoms with E-state index in [9.17, 15) is 13.2 Å². The zero-order valence-corrected chi connectivity index (χ0v) is 14.9. The van der Waals surface area contributed by atoms with Gasteiger partial charge in [-0.3, -0.25) is 0 Å². The molecule has 2 aromatic rings. The lowest BCUT2D eigenvalue weighted by Crippen LogP contribution is -2.13. The molecule has 0 saturated heterocycles. The van der Waals surface area contributed by atoms with E-state index in [2.05, 4.69) is 9.13 Å². The van der Waals surface area contributed by atoms with Crippen LogP contribution >= 0.6 is 0 Å². The molecule has 8 heteroatoms. The minimum absolute atomic E-state index is 0.112. The standard InChI is InChI=1S/C17H18N2O5S/c1-19(2)12-18-25(21,22)16-11-14(9-10-15(16)17(20)23-3)24-13-7-5-4-6-8-13/h4-12H,1-3H3. The predicted molar refractivity (Wildman–Crippen MR) is 93.7 cm³/mol. The Hall–Kier alpha value is -2.87. The predicted octanol–water partition coefficient (Wildman–Crippen LogP) is 2.54. The number of carbonyl (C=O) groups is 1. The molecule has 0 atom stereocenters. The number of para-hydroxylation sites is 1. The van der Waals surface area contributed by atoms with Crippen LogP contribution in [0.4, 0.5) is 0 Å². The van der Waals surface area contributed by atoms with Crippen LogP contribution in [0.1, 0.15) is 10.4 Å². The summed E-state index contributed by atoms with van der Waals surface area (Å²) in [7, 11) is 0.336. The SMILES string of the molecule is COC(=O)c1ccc(Oc2ccccc2)cc1S(=O)(=O)N=CN(C)C. The van der Waals surface area contributed by atoms with Crippen LogP contribution in [0.2, 0.25) is 0 Å². The fourth-order valence-electron chi connectivity index (χ4n) is 1.90. The van der Waals surface area contributed by atoms with Crippen molar-refractivity contribution in [2.45, 2.75) is 4.90 Å². The van der Waals surface area contributed by atoms with Crippen LogP contribution in [0.25, 0.3) is 0 Å². The summed E-state index contributed by atoms with van der Waals surface area (Å²) in [6, 6.07) is 12.9. The Balaban J connectivity index is 2.50. The molecule has 132 valence electrons. The van der Waals surface area contributed by atoms with Crippen molar-refractivity contribution in [3.63, 3.8) is 0 Å². The number of sulfonamides is 1. The van der Waals surface area contributed by atoms with Crippen LogP contribution in [-0.4, -0.2) is 46.8 Å². The van der Waals surface area contributed by atoms with Crippen LogP contribution in [0.15, 0.2) is 57.8 Å². The van der Waals surface area contributed by atoms with Crippen molar-refractivity contribution >= 4 is 22.3 Å². The average molecular weight is 362 g/mol. The maximum absolute atomic E-state index is 12.5. The van der Waals surface area contributed by atoms with E-state index in [0.717, 1.165) is 6.34 Å². The molecule has 0 aromatic heterocycles. The van der Waals surface area contributed by atoms with E-state index in [1.165, 1.54) is 30.2 Å². The second kappa shape index (κ2) is 7.80. The van der Waals surface area contributed by atoms with E-state index in [1.54, 1.807) is 38.4 Å². The molecular weight excluding hydrogens is 344 g/mol. The third-order valence-corrected chi connectivity index (χ3v) is 4.30. The summed E-state index contributed by atoms with van der Waals surface area (Å²) in [6.45, 7) is 0. The maximum Gasteiger partial charge on any atom is 0.339 e. The summed E-state index contributed by atoms with van der Waals surface area (Å²) in [4.78, 5) is 13.1. The molecule has 0 radical (unpaired) electrons. The Morgan fingerprint density at radius 3 is 2.36 bits per heavy atom. The molecule has 25 heavy (non-hydrogen) atoms. The summed E-state index contributed by atoms with van der Waals surface area (Å²) in [5.74, 6) is 0.0239. The van der Waals surface area contributed by atoms with Gasteiger partial charge < -0.3 is 14.4 Å². The molecule has 0 aliphatic carbocycles. The Kier molecular flexibility index (Phi) is 5.76. The van der Waals surface area contributed by atoms with Crippen LogP contribution in [0.3, 0.4) is 0 Å². The first-order valence-corrected chi connectivity index (χ1v) is 8.69. The number of hydrogen-bond donors (Lipinski definition) is 0. The highest BCUT2D eigenvalue weighted by Crippen LogP contribution is 2.28. The van der Waals surface area contributed by atoms with E-state index in [-0.39, 0.29) is 16.2 Å². The number of nitrogens with zero attached hydrogens (tertiary/aromatic N) is 2. The molecule has 0 spiro atoms. The lowest BCUT2D eigenvalue weighted by atomic mass is 10.2. The lowest BCUT2D eigenvalue weighted by molar-refractivity contribution is 0.0596. The Morgan fingerprint density at radius 1 is 1.08 bits per heavy atom. The van der Waals surface area contributed by atoms with Gasteiger partial charge in [-0.05, 0) is 24.3 Å². The van der Waals surface area contributed by atoms with Crippen molar-refractivity contribution in [1.29, 1.82) is 0 Å². The highest BCUT2D eigenvalue weighted by Gasteiger charge is 2.23. The first-order chi connectivity index (χ1) is 11.8. The summed E-state index contributed by atoms with van der Waals surface area (Å²) in [5, 5.41) is 0. The van der Waals surface area contributed by atoms with Crippen molar-refractivity contribution in [1.82, 2.24) is 4.90 Å². The Bertz CT molecular complexity index is 877. The summed E-state index contributed by atoms with van der Waals surface area (Å²) >= 11 is 0. The average Bonchev–Trinajstić information content (AvgIpc) is 2.60. The van der Waals surface area contributed by atoms with Crippen molar-refractivity contribution in [3.8, 4) is 11.5 Å². The smallest absolute Gasteiger partial charge is 0.339 e. The van der Waals surface area contributed by atoms with Gasteiger partial charge in [0.05, 0.1) is 12.7 Å². The Labute approximate surface area is 146 Å². The second-order valence-corrected chi connectivity index (χ2v) is 6.82. The number of benzene rings is 2.